The minimum Gasteiger partial charge on any atom is -0.103 e. The van der Waals surface area contributed by atoms with Gasteiger partial charge in [-0.25, -0.2) is 0 Å². The summed E-state index contributed by atoms with van der Waals surface area (Å²) < 4.78 is 0. The van der Waals surface area contributed by atoms with Crippen molar-refractivity contribution in [1.29, 1.82) is 0 Å². The third-order valence-corrected chi connectivity index (χ3v) is 2.83. The van der Waals surface area contributed by atoms with E-state index in [1.807, 2.05) is 18.2 Å². The lowest BCUT2D eigenvalue weighted by Gasteiger charge is -1.94. The van der Waals surface area contributed by atoms with Crippen molar-refractivity contribution in [2.45, 2.75) is 26.2 Å². The maximum absolute atomic E-state index is 3.68. The predicted molar refractivity (Wildman–Crippen MR) is 90.7 cm³/mol. The summed E-state index contributed by atoms with van der Waals surface area (Å²) in [6, 6.07) is 20.8. The van der Waals surface area contributed by atoms with E-state index >= 15 is 0 Å². The zero-order valence-electron chi connectivity index (χ0n) is 12.3. The molecular weight excluding hydrogens is 240 g/mol. The quantitative estimate of drug-likeness (QED) is 0.588. The van der Waals surface area contributed by atoms with E-state index in [2.05, 4.69) is 74.2 Å². The molecule has 2 rings (SSSR count). The first-order valence-corrected chi connectivity index (χ1v) is 7.23. The number of allylic oxidation sites excluding steroid dienone is 2. The first-order chi connectivity index (χ1) is 9.86. The van der Waals surface area contributed by atoms with E-state index in [9.17, 15) is 0 Å². The van der Waals surface area contributed by atoms with Crippen LogP contribution in [0.25, 0.3) is 6.08 Å². The lowest BCUT2D eigenvalue weighted by atomic mass is 10.1. The first kappa shape index (κ1) is 16.0. The average molecular weight is 264 g/mol. The number of rotatable bonds is 5. The minimum absolute atomic E-state index is 1.07. The van der Waals surface area contributed by atoms with Gasteiger partial charge in [-0.15, -0.1) is 6.58 Å². The van der Waals surface area contributed by atoms with Gasteiger partial charge in [-0.3, -0.25) is 0 Å². The van der Waals surface area contributed by atoms with Crippen LogP contribution in [0.4, 0.5) is 0 Å². The Balaban J connectivity index is 0.000000200. The highest BCUT2D eigenvalue weighted by atomic mass is 13.9. The van der Waals surface area contributed by atoms with Gasteiger partial charge in [0.1, 0.15) is 0 Å². The molecule has 20 heavy (non-hydrogen) atoms. The molecule has 2 aromatic rings. The second kappa shape index (κ2) is 10.8. The van der Waals surface area contributed by atoms with Crippen LogP contribution in [0.3, 0.4) is 0 Å². The highest BCUT2D eigenvalue weighted by Gasteiger charge is 1.85. The van der Waals surface area contributed by atoms with E-state index in [0.29, 0.717) is 0 Å². The van der Waals surface area contributed by atoms with Gasteiger partial charge in [0.05, 0.1) is 0 Å². The smallest absolute Gasteiger partial charge is 0.0244 e. The zero-order chi connectivity index (χ0) is 14.5. The fraction of sp³-hybridized carbons (Fsp3) is 0.200. The van der Waals surface area contributed by atoms with Gasteiger partial charge < -0.3 is 0 Å². The van der Waals surface area contributed by atoms with Gasteiger partial charge in [0.25, 0.3) is 0 Å². The Morgan fingerprint density at radius 3 is 2.05 bits per heavy atom. The second-order valence-corrected chi connectivity index (χ2v) is 4.53. The molecule has 0 amide bonds. The molecular formula is C20H24. The van der Waals surface area contributed by atoms with Crippen molar-refractivity contribution in [1.82, 2.24) is 0 Å². The minimum atomic E-state index is 1.07. The summed E-state index contributed by atoms with van der Waals surface area (Å²) >= 11 is 0. The van der Waals surface area contributed by atoms with E-state index in [1.165, 1.54) is 11.1 Å². The molecule has 0 N–H and O–H groups in total. The van der Waals surface area contributed by atoms with Crippen molar-refractivity contribution in [2.24, 2.45) is 0 Å². The topological polar surface area (TPSA) is 0 Å². The van der Waals surface area contributed by atoms with Crippen molar-refractivity contribution < 1.29 is 0 Å². The molecule has 0 radical (unpaired) electrons. The van der Waals surface area contributed by atoms with Crippen LogP contribution in [-0.2, 0) is 6.42 Å². The van der Waals surface area contributed by atoms with E-state index in [0.717, 1.165) is 19.3 Å². The monoisotopic (exact) mass is 264 g/mol. The molecule has 0 heteroatoms. The fourth-order valence-electron chi connectivity index (χ4n) is 1.73. The summed E-state index contributed by atoms with van der Waals surface area (Å²) in [6.45, 7) is 5.81. The van der Waals surface area contributed by atoms with Crippen LogP contribution in [0, 0.1) is 0 Å². The van der Waals surface area contributed by atoms with E-state index in [4.69, 9.17) is 0 Å². The highest BCUT2D eigenvalue weighted by Crippen LogP contribution is 2.02. The van der Waals surface area contributed by atoms with Crippen LogP contribution >= 0.6 is 0 Å². The van der Waals surface area contributed by atoms with Crippen LogP contribution in [0.1, 0.15) is 30.9 Å². The SMILES string of the molecule is C=CCCc1ccccc1.CCC=Cc1ccccc1. The summed E-state index contributed by atoms with van der Waals surface area (Å²) in [5.41, 5.74) is 2.67. The molecule has 0 aliphatic rings. The van der Waals surface area contributed by atoms with Crippen LogP contribution < -0.4 is 0 Å². The van der Waals surface area contributed by atoms with Crippen LogP contribution in [-0.4, -0.2) is 0 Å². The van der Waals surface area contributed by atoms with E-state index in [1.54, 1.807) is 0 Å². The molecule has 0 fully saturated rings. The van der Waals surface area contributed by atoms with Gasteiger partial charge in [-0.1, -0.05) is 85.8 Å². The summed E-state index contributed by atoms with van der Waals surface area (Å²) in [6.07, 6.45) is 9.55. The molecule has 0 bridgehead atoms. The van der Waals surface area contributed by atoms with Gasteiger partial charge in [0.15, 0.2) is 0 Å². The normalized spacial score (nSPS) is 9.85. The van der Waals surface area contributed by atoms with Gasteiger partial charge >= 0.3 is 0 Å². The lowest BCUT2D eigenvalue weighted by molar-refractivity contribution is 1.00. The third-order valence-electron chi connectivity index (χ3n) is 2.83. The molecule has 0 saturated carbocycles. The number of aryl methyl sites for hydroxylation is 1. The van der Waals surface area contributed by atoms with Crippen LogP contribution in [0.15, 0.2) is 79.4 Å². The molecule has 0 spiro atoms. The average Bonchev–Trinajstić information content (AvgIpc) is 2.53. The molecule has 0 unspecified atom stereocenters. The maximum atomic E-state index is 3.68. The van der Waals surface area contributed by atoms with Crippen molar-refractivity contribution in [3.63, 3.8) is 0 Å². The van der Waals surface area contributed by atoms with Crippen molar-refractivity contribution in [3.05, 3.63) is 90.5 Å². The van der Waals surface area contributed by atoms with Gasteiger partial charge in [0.2, 0.25) is 0 Å². The first-order valence-electron chi connectivity index (χ1n) is 7.23. The standard InChI is InChI=1S/2C10H12/c2*1-2-3-7-10-8-5-4-6-9-10/h3-9H,2H2,1H3;2,4-6,8-9H,1,3,7H2. The van der Waals surface area contributed by atoms with Crippen LogP contribution in [0.5, 0.6) is 0 Å². The summed E-state index contributed by atoms with van der Waals surface area (Å²) in [4.78, 5) is 0. The second-order valence-electron chi connectivity index (χ2n) is 4.53. The summed E-state index contributed by atoms with van der Waals surface area (Å²) in [5.74, 6) is 0. The fourth-order valence-corrected chi connectivity index (χ4v) is 1.73. The molecule has 0 aliphatic heterocycles. The highest BCUT2D eigenvalue weighted by molar-refractivity contribution is 5.48. The molecule has 0 atom stereocenters. The maximum Gasteiger partial charge on any atom is -0.0244 e. The van der Waals surface area contributed by atoms with Crippen molar-refractivity contribution in [2.75, 3.05) is 0 Å². The lowest BCUT2D eigenvalue weighted by Crippen LogP contribution is -1.79. The van der Waals surface area contributed by atoms with Gasteiger partial charge in [-0.2, -0.15) is 0 Å². The molecule has 0 saturated heterocycles. The molecule has 0 aromatic heterocycles. The van der Waals surface area contributed by atoms with E-state index in [-0.39, 0.29) is 0 Å². The Morgan fingerprint density at radius 1 is 0.900 bits per heavy atom. The Kier molecular flexibility index (Phi) is 8.63. The number of hydrogen-bond acceptors (Lipinski definition) is 0. The largest absolute Gasteiger partial charge is 0.103 e. The Labute approximate surface area is 123 Å². The van der Waals surface area contributed by atoms with Crippen molar-refractivity contribution in [3.8, 4) is 0 Å². The summed E-state index contributed by atoms with van der Waals surface area (Å²) in [7, 11) is 0. The number of hydrogen-bond donors (Lipinski definition) is 0. The third kappa shape index (κ3) is 7.38. The molecule has 0 heterocycles. The van der Waals surface area contributed by atoms with E-state index < -0.39 is 0 Å². The molecule has 104 valence electrons. The van der Waals surface area contributed by atoms with Crippen LogP contribution in [0.2, 0.25) is 0 Å². The molecule has 2 aromatic carbocycles. The molecule has 0 nitrogen and oxygen atoms in total. The Hall–Kier alpha value is -2.08. The summed E-state index contributed by atoms with van der Waals surface area (Å²) in [5, 5.41) is 0. The van der Waals surface area contributed by atoms with Gasteiger partial charge in [-0.05, 0) is 30.4 Å². The number of benzene rings is 2. The van der Waals surface area contributed by atoms with Crippen molar-refractivity contribution >= 4 is 6.08 Å². The zero-order valence-corrected chi connectivity index (χ0v) is 12.3. The van der Waals surface area contributed by atoms with Gasteiger partial charge in [0, 0.05) is 0 Å². The predicted octanol–water partition coefficient (Wildman–Crippen LogP) is 5.92. The Bertz CT molecular complexity index is 480. The Morgan fingerprint density at radius 2 is 1.50 bits per heavy atom. The molecule has 0 aliphatic carbocycles.